The van der Waals surface area contributed by atoms with E-state index in [9.17, 15) is 0 Å². The molecular weight excluding hydrogens is 230 g/mol. The molecule has 0 atom stereocenters. The summed E-state index contributed by atoms with van der Waals surface area (Å²) in [7, 11) is 0. The summed E-state index contributed by atoms with van der Waals surface area (Å²) in [5.74, 6) is 0. The first kappa shape index (κ1) is 10.7. The van der Waals surface area contributed by atoms with Gasteiger partial charge in [-0.2, -0.15) is 0 Å². The largest absolute Gasteiger partial charge is 0.330 e. The molecule has 0 spiro atoms. The van der Waals surface area contributed by atoms with Gasteiger partial charge in [0, 0.05) is 24.0 Å². The predicted molar refractivity (Wildman–Crippen MR) is 72.0 cm³/mol. The van der Waals surface area contributed by atoms with E-state index in [-0.39, 0.29) is 0 Å². The Labute approximate surface area is 105 Å². The summed E-state index contributed by atoms with van der Waals surface area (Å²) in [6.07, 6.45) is 1.98. The SMILES string of the molecule is NCCc1csc(N2CCc3ccccc32)n1. The Balaban J connectivity index is 1.90. The van der Waals surface area contributed by atoms with Gasteiger partial charge in [-0.3, -0.25) is 0 Å². The second kappa shape index (κ2) is 4.47. The molecule has 0 aliphatic carbocycles. The van der Waals surface area contributed by atoms with Crippen LogP contribution in [0.1, 0.15) is 11.3 Å². The van der Waals surface area contributed by atoms with Crippen LogP contribution in [0.15, 0.2) is 29.6 Å². The van der Waals surface area contributed by atoms with Gasteiger partial charge in [0.05, 0.1) is 5.69 Å². The Morgan fingerprint density at radius 2 is 2.24 bits per heavy atom. The van der Waals surface area contributed by atoms with Gasteiger partial charge in [-0.25, -0.2) is 4.98 Å². The van der Waals surface area contributed by atoms with Crippen LogP contribution in [-0.4, -0.2) is 18.1 Å². The Bertz CT molecular complexity index is 521. The summed E-state index contributed by atoms with van der Waals surface area (Å²) < 4.78 is 0. The molecule has 1 aromatic carbocycles. The number of aromatic nitrogens is 1. The molecule has 0 bridgehead atoms. The highest BCUT2D eigenvalue weighted by Crippen LogP contribution is 2.35. The van der Waals surface area contributed by atoms with E-state index in [2.05, 4.69) is 39.5 Å². The Morgan fingerprint density at radius 1 is 1.35 bits per heavy atom. The van der Waals surface area contributed by atoms with Gasteiger partial charge in [0.15, 0.2) is 5.13 Å². The van der Waals surface area contributed by atoms with E-state index in [0.29, 0.717) is 6.54 Å². The lowest BCUT2D eigenvalue weighted by Crippen LogP contribution is -2.13. The molecule has 0 unspecified atom stereocenters. The second-order valence-electron chi connectivity index (χ2n) is 4.19. The molecule has 0 radical (unpaired) electrons. The van der Waals surface area contributed by atoms with E-state index in [4.69, 9.17) is 5.73 Å². The maximum Gasteiger partial charge on any atom is 0.190 e. The first-order valence-corrected chi connectivity index (χ1v) is 6.76. The standard InChI is InChI=1S/C13H15N3S/c14-7-5-11-9-17-13(15-11)16-8-6-10-3-1-2-4-12(10)16/h1-4,9H,5-8,14H2. The van der Waals surface area contributed by atoms with E-state index >= 15 is 0 Å². The van der Waals surface area contributed by atoms with Crippen LogP contribution in [-0.2, 0) is 12.8 Å². The Kier molecular flexibility index (Phi) is 2.82. The van der Waals surface area contributed by atoms with Gasteiger partial charge in [0.25, 0.3) is 0 Å². The van der Waals surface area contributed by atoms with E-state index in [1.54, 1.807) is 11.3 Å². The van der Waals surface area contributed by atoms with Crippen LogP contribution in [0.3, 0.4) is 0 Å². The van der Waals surface area contributed by atoms with Crippen molar-refractivity contribution < 1.29 is 0 Å². The summed E-state index contributed by atoms with van der Waals surface area (Å²) >= 11 is 1.71. The zero-order valence-electron chi connectivity index (χ0n) is 9.60. The Hall–Kier alpha value is -1.39. The lowest BCUT2D eigenvalue weighted by molar-refractivity contribution is 0.922. The number of anilines is 2. The van der Waals surface area contributed by atoms with Crippen LogP contribution in [0.2, 0.25) is 0 Å². The van der Waals surface area contributed by atoms with E-state index < -0.39 is 0 Å². The summed E-state index contributed by atoms with van der Waals surface area (Å²) in [6, 6.07) is 8.56. The molecule has 88 valence electrons. The van der Waals surface area contributed by atoms with Crippen molar-refractivity contribution in [1.29, 1.82) is 0 Å². The minimum atomic E-state index is 0.666. The van der Waals surface area contributed by atoms with Crippen LogP contribution in [0.25, 0.3) is 0 Å². The van der Waals surface area contributed by atoms with Crippen molar-refractivity contribution in [3.05, 3.63) is 40.9 Å². The number of benzene rings is 1. The fourth-order valence-electron chi connectivity index (χ4n) is 2.22. The third-order valence-corrected chi connectivity index (χ3v) is 3.97. The van der Waals surface area contributed by atoms with Crippen molar-refractivity contribution in [3.63, 3.8) is 0 Å². The van der Waals surface area contributed by atoms with Crippen molar-refractivity contribution >= 4 is 22.2 Å². The summed E-state index contributed by atoms with van der Waals surface area (Å²) in [5.41, 5.74) is 9.39. The van der Waals surface area contributed by atoms with Crippen molar-refractivity contribution in [1.82, 2.24) is 4.98 Å². The third kappa shape index (κ3) is 1.94. The normalized spacial score (nSPS) is 14.1. The maximum atomic E-state index is 5.55. The monoisotopic (exact) mass is 245 g/mol. The predicted octanol–water partition coefficient (Wildman–Crippen LogP) is 2.34. The van der Waals surface area contributed by atoms with Gasteiger partial charge in [0.2, 0.25) is 0 Å². The highest BCUT2D eigenvalue weighted by molar-refractivity contribution is 7.13. The minimum absolute atomic E-state index is 0.666. The summed E-state index contributed by atoms with van der Waals surface area (Å²) in [5, 5.41) is 3.21. The van der Waals surface area contributed by atoms with Gasteiger partial charge in [-0.1, -0.05) is 18.2 Å². The maximum absolute atomic E-state index is 5.55. The molecule has 4 heteroatoms. The number of fused-ring (bicyclic) bond motifs is 1. The molecule has 3 rings (SSSR count). The van der Waals surface area contributed by atoms with Gasteiger partial charge in [-0.05, 0) is 24.6 Å². The lowest BCUT2D eigenvalue weighted by Gasteiger charge is -2.15. The smallest absolute Gasteiger partial charge is 0.190 e. The molecule has 1 aliphatic rings. The highest BCUT2D eigenvalue weighted by Gasteiger charge is 2.21. The molecular formula is C13H15N3S. The topological polar surface area (TPSA) is 42.1 Å². The molecule has 0 saturated carbocycles. The first-order chi connectivity index (χ1) is 8.38. The van der Waals surface area contributed by atoms with Gasteiger partial charge >= 0.3 is 0 Å². The van der Waals surface area contributed by atoms with Crippen LogP contribution in [0.4, 0.5) is 10.8 Å². The number of para-hydroxylation sites is 1. The zero-order chi connectivity index (χ0) is 11.7. The number of rotatable bonds is 3. The fourth-order valence-corrected chi connectivity index (χ4v) is 3.12. The van der Waals surface area contributed by atoms with Gasteiger partial charge < -0.3 is 10.6 Å². The quantitative estimate of drug-likeness (QED) is 0.902. The molecule has 0 amide bonds. The molecule has 0 fully saturated rings. The highest BCUT2D eigenvalue weighted by atomic mass is 32.1. The minimum Gasteiger partial charge on any atom is -0.330 e. The fraction of sp³-hybridized carbons (Fsp3) is 0.308. The zero-order valence-corrected chi connectivity index (χ0v) is 10.4. The number of nitrogens with two attached hydrogens (primary N) is 1. The second-order valence-corrected chi connectivity index (χ2v) is 5.03. The third-order valence-electron chi connectivity index (χ3n) is 3.06. The van der Waals surface area contributed by atoms with Crippen molar-refractivity contribution in [2.24, 2.45) is 5.73 Å². The van der Waals surface area contributed by atoms with E-state index in [1.165, 1.54) is 11.3 Å². The van der Waals surface area contributed by atoms with Crippen LogP contribution < -0.4 is 10.6 Å². The Morgan fingerprint density at radius 3 is 3.12 bits per heavy atom. The number of nitrogens with zero attached hydrogens (tertiary/aromatic N) is 2. The average Bonchev–Trinajstić information content (AvgIpc) is 2.95. The van der Waals surface area contributed by atoms with Gasteiger partial charge in [-0.15, -0.1) is 11.3 Å². The van der Waals surface area contributed by atoms with Gasteiger partial charge in [0.1, 0.15) is 0 Å². The molecule has 2 heterocycles. The van der Waals surface area contributed by atoms with Crippen molar-refractivity contribution in [2.75, 3.05) is 18.0 Å². The molecule has 3 nitrogen and oxygen atoms in total. The van der Waals surface area contributed by atoms with Crippen LogP contribution >= 0.6 is 11.3 Å². The molecule has 17 heavy (non-hydrogen) atoms. The number of thiazole rings is 1. The average molecular weight is 245 g/mol. The molecule has 2 aromatic rings. The van der Waals surface area contributed by atoms with Crippen LogP contribution in [0, 0.1) is 0 Å². The number of hydrogen-bond acceptors (Lipinski definition) is 4. The molecule has 1 aromatic heterocycles. The van der Waals surface area contributed by atoms with E-state index in [0.717, 1.165) is 30.2 Å². The summed E-state index contributed by atoms with van der Waals surface area (Å²) in [4.78, 5) is 6.95. The number of hydrogen-bond donors (Lipinski definition) is 1. The van der Waals surface area contributed by atoms with E-state index in [1.807, 2.05) is 0 Å². The molecule has 2 N–H and O–H groups in total. The summed E-state index contributed by atoms with van der Waals surface area (Å²) in [6.45, 7) is 1.70. The molecule has 1 aliphatic heterocycles. The first-order valence-electron chi connectivity index (χ1n) is 5.88. The van der Waals surface area contributed by atoms with Crippen molar-refractivity contribution in [3.8, 4) is 0 Å². The van der Waals surface area contributed by atoms with Crippen LogP contribution in [0.5, 0.6) is 0 Å². The van der Waals surface area contributed by atoms with Crippen molar-refractivity contribution in [2.45, 2.75) is 12.8 Å². The lowest BCUT2D eigenvalue weighted by atomic mass is 10.2. The molecule has 0 saturated heterocycles.